The van der Waals surface area contributed by atoms with Gasteiger partial charge in [0.1, 0.15) is 0 Å². The highest BCUT2D eigenvalue weighted by Gasteiger charge is 2.45. The number of aliphatic imine (C=N–C) groups is 1. The topological polar surface area (TPSA) is 53.0 Å². The van der Waals surface area contributed by atoms with Crippen molar-refractivity contribution < 1.29 is 8.42 Å². The molecule has 4 rings (SSSR count). The summed E-state index contributed by atoms with van der Waals surface area (Å²) < 4.78 is 28.4. The van der Waals surface area contributed by atoms with Crippen LogP contribution in [0, 0.1) is 12.8 Å². The Morgan fingerprint density at radius 1 is 1.17 bits per heavy atom. The molecule has 2 aliphatic heterocycles. The van der Waals surface area contributed by atoms with Crippen LogP contribution in [0.4, 0.5) is 0 Å². The van der Waals surface area contributed by atoms with Crippen LogP contribution in [0.15, 0.2) is 46.3 Å². The zero-order valence-corrected chi connectivity index (χ0v) is 14.7. The first-order valence-electron chi connectivity index (χ1n) is 8.64. The van der Waals surface area contributed by atoms with Gasteiger partial charge in [0.2, 0.25) is 5.96 Å². The van der Waals surface area contributed by atoms with Gasteiger partial charge in [0, 0.05) is 25.6 Å². The van der Waals surface area contributed by atoms with E-state index in [1.807, 2.05) is 25.1 Å². The van der Waals surface area contributed by atoms with Crippen LogP contribution in [0.5, 0.6) is 0 Å². The Labute approximate surface area is 143 Å². The van der Waals surface area contributed by atoms with Gasteiger partial charge >= 0.3 is 0 Å². The highest BCUT2D eigenvalue weighted by Crippen LogP contribution is 2.35. The summed E-state index contributed by atoms with van der Waals surface area (Å²) in [6, 6.07) is 7.00. The van der Waals surface area contributed by atoms with Crippen LogP contribution in [0.2, 0.25) is 0 Å². The first kappa shape index (κ1) is 15.7. The average Bonchev–Trinajstić information content (AvgIpc) is 2.89. The molecule has 0 N–H and O–H groups in total. The maximum Gasteiger partial charge on any atom is 0.267 e. The van der Waals surface area contributed by atoms with E-state index in [4.69, 9.17) is 0 Å². The van der Waals surface area contributed by atoms with E-state index in [1.165, 1.54) is 0 Å². The van der Waals surface area contributed by atoms with Crippen LogP contribution in [-0.2, 0) is 10.0 Å². The quantitative estimate of drug-likeness (QED) is 0.774. The van der Waals surface area contributed by atoms with Crippen molar-refractivity contribution in [3.05, 3.63) is 42.0 Å². The van der Waals surface area contributed by atoms with Gasteiger partial charge in [-0.15, -0.1) is 0 Å². The molecule has 0 bridgehead atoms. The number of hydrogen-bond acceptors (Lipinski definition) is 4. The molecule has 2 atom stereocenters. The van der Waals surface area contributed by atoms with Crippen molar-refractivity contribution in [1.29, 1.82) is 0 Å². The van der Waals surface area contributed by atoms with Gasteiger partial charge < -0.3 is 4.90 Å². The van der Waals surface area contributed by atoms with Gasteiger partial charge in [-0.2, -0.15) is 0 Å². The zero-order chi connectivity index (χ0) is 16.7. The molecule has 0 saturated carbocycles. The van der Waals surface area contributed by atoms with Crippen molar-refractivity contribution in [2.75, 3.05) is 19.6 Å². The zero-order valence-electron chi connectivity index (χ0n) is 13.9. The Morgan fingerprint density at radius 3 is 2.75 bits per heavy atom. The molecule has 0 radical (unpaired) electrons. The first-order valence-corrected chi connectivity index (χ1v) is 10.1. The second kappa shape index (κ2) is 5.92. The minimum Gasteiger partial charge on any atom is -0.342 e. The van der Waals surface area contributed by atoms with Crippen molar-refractivity contribution >= 4 is 16.0 Å². The van der Waals surface area contributed by atoms with Crippen molar-refractivity contribution in [1.82, 2.24) is 9.21 Å². The van der Waals surface area contributed by atoms with Gasteiger partial charge in [-0.3, -0.25) is 4.99 Å². The minimum atomic E-state index is -3.61. The Balaban J connectivity index is 1.80. The monoisotopic (exact) mass is 345 g/mol. The second-order valence-electron chi connectivity index (χ2n) is 6.86. The van der Waals surface area contributed by atoms with E-state index >= 15 is 0 Å². The van der Waals surface area contributed by atoms with Crippen LogP contribution >= 0.6 is 0 Å². The van der Waals surface area contributed by atoms with E-state index in [0.29, 0.717) is 23.3 Å². The summed E-state index contributed by atoms with van der Waals surface area (Å²) in [7, 11) is -3.61. The first-order chi connectivity index (χ1) is 11.6. The van der Waals surface area contributed by atoms with Gasteiger partial charge in [0.05, 0.1) is 10.9 Å². The van der Waals surface area contributed by atoms with Crippen LogP contribution in [0.1, 0.15) is 24.8 Å². The third-order valence-corrected chi connectivity index (χ3v) is 6.92. The number of guanidine groups is 1. The summed E-state index contributed by atoms with van der Waals surface area (Å²) in [5.41, 5.74) is 1.06. The molecule has 1 saturated heterocycles. The SMILES string of the molecule is Cc1ccc(S(=O)(=O)N2C3=NCCCCN3C[C@@H]3CC=C[C@@H]32)cc1. The Hall–Kier alpha value is -1.82. The predicted octanol–water partition coefficient (Wildman–Crippen LogP) is 2.40. The molecular formula is C18H23N3O2S. The molecule has 1 aromatic carbocycles. The van der Waals surface area contributed by atoms with E-state index in [0.717, 1.165) is 37.9 Å². The van der Waals surface area contributed by atoms with Crippen molar-refractivity contribution in [3.8, 4) is 0 Å². The molecule has 0 unspecified atom stereocenters. The largest absolute Gasteiger partial charge is 0.342 e. The number of aryl methyl sites for hydroxylation is 1. The molecule has 5 nitrogen and oxygen atoms in total. The maximum absolute atomic E-state index is 13.4. The highest BCUT2D eigenvalue weighted by molar-refractivity contribution is 7.89. The molecular weight excluding hydrogens is 322 g/mol. The molecule has 0 aromatic heterocycles. The smallest absolute Gasteiger partial charge is 0.267 e. The number of allylic oxidation sites excluding steroid dienone is 1. The number of fused-ring (bicyclic) bond motifs is 2. The highest BCUT2D eigenvalue weighted by atomic mass is 32.2. The summed E-state index contributed by atoms with van der Waals surface area (Å²) in [5, 5.41) is 0. The molecule has 3 aliphatic rings. The molecule has 2 heterocycles. The summed E-state index contributed by atoms with van der Waals surface area (Å²) >= 11 is 0. The summed E-state index contributed by atoms with van der Waals surface area (Å²) in [4.78, 5) is 7.17. The molecule has 128 valence electrons. The molecule has 6 heteroatoms. The number of sulfonamides is 1. The fraction of sp³-hybridized carbons (Fsp3) is 0.500. The van der Waals surface area contributed by atoms with E-state index in [9.17, 15) is 8.42 Å². The third-order valence-electron chi connectivity index (χ3n) is 5.13. The summed E-state index contributed by atoms with van der Waals surface area (Å²) in [6.45, 7) is 4.45. The van der Waals surface area contributed by atoms with Crippen LogP contribution in [-0.4, -0.2) is 49.3 Å². The normalized spacial score (nSPS) is 26.6. The standard InChI is InChI=1S/C18H23N3O2S/c1-14-7-9-16(10-8-14)24(22,23)21-17-6-4-5-15(17)13-20-12-3-2-11-19-18(20)21/h4,6-10,15,17H,2-3,5,11-13H2,1H3/t15-,17-/m0/s1. The molecule has 0 spiro atoms. The number of benzene rings is 1. The predicted molar refractivity (Wildman–Crippen MR) is 94.3 cm³/mol. The van der Waals surface area contributed by atoms with Crippen LogP contribution in [0.3, 0.4) is 0 Å². The Morgan fingerprint density at radius 2 is 1.96 bits per heavy atom. The number of rotatable bonds is 2. The number of hydrogen-bond donors (Lipinski definition) is 0. The van der Waals surface area contributed by atoms with E-state index in [1.54, 1.807) is 16.4 Å². The van der Waals surface area contributed by atoms with Crippen molar-refractivity contribution in [2.45, 2.75) is 37.1 Å². The van der Waals surface area contributed by atoms with Gasteiger partial charge in [-0.25, -0.2) is 12.7 Å². The fourth-order valence-electron chi connectivity index (χ4n) is 3.83. The third kappa shape index (κ3) is 2.53. The lowest BCUT2D eigenvalue weighted by Crippen LogP contribution is -2.59. The lowest BCUT2D eigenvalue weighted by atomic mass is 10.00. The minimum absolute atomic E-state index is 0.107. The van der Waals surface area contributed by atoms with Gasteiger partial charge in [-0.05, 0) is 38.3 Å². The Kier molecular flexibility index (Phi) is 3.87. The lowest BCUT2D eigenvalue weighted by Gasteiger charge is -2.44. The van der Waals surface area contributed by atoms with E-state index in [-0.39, 0.29) is 6.04 Å². The molecule has 24 heavy (non-hydrogen) atoms. The lowest BCUT2D eigenvalue weighted by molar-refractivity contribution is 0.219. The van der Waals surface area contributed by atoms with Crippen LogP contribution in [0.25, 0.3) is 0 Å². The van der Waals surface area contributed by atoms with Gasteiger partial charge in [0.15, 0.2) is 0 Å². The van der Waals surface area contributed by atoms with Crippen molar-refractivity contribution in [2.24, 2.45) is 10.9 Å². The molecule has 1 aliphatic carbocycles. The summed E-state index contributed by atoms with van der Waals surface area (Å²) in [5.74, 6) is 0.961. The van der Waals surface area contributed by atoms with Crippen LogP contribution < -0.4 is 0 Å². The fourth-order valence-corrected chi connectivity index (χ4v) is 5.48. The average molecular weight is 345 g/mol. The van der Waals surface area contributed by atoms with E-state index in [2.05, 4.69) is 16.0 Å². The van der Waals surface area contributed by atoms with E-state index < -0.39 is 10.0 Å². The number of nitrogens with zero attached hydrogens (tertiary/aromatic N) is 3. The molecule has 0 amide bonds. The maximum atomic E-state index is 13.4. The molecule has 1 fully saturated rings. The Bertz CT molecular complexity index is 783. The van der Waals surface area contributed by atoms with Gasteiger partial charge in [-0.1, -0.05) is 29.8 Å². The second-order valence-corrected chi connectivity index (χ2v) is 8.68. The van der Waals surface area contributed by atoms with Gasteiger partial charge in [0.25, 0.3) is 10.0 Å². The molecule has 1 aromatic rings. The van der Waals surface area contributed by atoms with Crippen molar-refractivity contribution in [3.63, 3.8) is 0 Å². The summed E-state index contributed by atoms with van der Waals surface area (Å²) in [6.07, 6.45) is 7.18.